The van der Waals surface area contributed by atoms with Gasteiger partial charge in [-0.3, -0.25) is 9.58 Å². The van der Waals surface area contributed by atoms with Gasteiger partial charge in [-0.1, -0.05) is 0 Å². The summed E-state index contributed by atoms with van der Waals surface area (Å²) >= 11 is 5.60. The molecule has 3 aromatic rings. The number of thiocarbonyl (C=S) groups is 1. The lowest BCUT2D eigenvalue weighted by Gasteiger charge is -2.50. The third-order valence-corrected chi connectivity index (χ3v) is 8.21. The van der Waals surface area contributed by atoms with Crippen LogP contribution < -0.4 is 29.6 Å². The first-order valence-corrected chi connectivity index (χ1v) is 13.6. The van der Waals surface area contributed by atoms with E-state index in [2.05, 4.69) is 21.6 Å². The molecule has 4 heterocycles. The van der Waals surface area contributed by atoms with Crippen molar-refractivity contribution in [1.82, 2.24) is 20.0 Å². The van der Waals surface area contributed by atoms with Crippen molar-refractivity contribution in [2.45, 2.75) is 24.8 Å². The van der Waals surface area contributed by atoms with Gasteiger partial charge >= 0.3 is 0 Å². The zero-order valence-electron chi connectivity index (χ0n) is 23.2. The standard InChI is InChI=1S/C29H37N5O4S/c1-33-26(15-25(32-33)19-6-7-27(37-4)28(11-19)38-5)24-17-34-9-8-18(24)10-21(34)16-30-29(39)31-20-12-22(35-2)14-23(13-20)36-3/h6-7,11-15,18,21,24H,8-10,16-17H2,1-5H3,(H2,30,31,39). The molecule has 0 amide bonds. The Morgan fingerprint density at radius 2 is 1.72 bits per heavy atom. The van der Waals surface area contributed by atoms with Crippen LogP contribution in [0.15, 0.2) is 42.5 Å². The zero-order chi connectivity index (χ0) is 27.5. The first-order valence-electron chi connectivity index (χ1n) is 13.2. The second kappa shape index (κ2) is 11.7. The van der Waals surface area contributed by atoms with Gasteiger partial charge in [-0.2, -0.15) is 5.10 Å². The van der Waals surface area contributed by atoms with E-state index in [9.17, 15) is 0 Å². The Hall–Kier alpha value is -3.50. The minimum atomic E-state index is 0.443. The number of aromatic nitrogens is 2. The van der Waals surface area contributed by atoms with Crippen molar-refractivity contribution in [3.63, 3.8) is 0 Å². The first kappa shape index (κ1) is 27.1. The summed E-state index contributed by atoms with van der Waals surface area (Å²) in [7, 11) is 8.63. The van der Waals surface area contributed by atoms with Gasteiger partial charge in [-0.25, -0.2) is 0 Å². The van der Waals surface area contributed by atoms with Crippen LogP contribution in [-0.2, 0) is 7.05 Å². The van der Waals surface area contributed by atoms with Crippen LogP contribution in [0, 0.1) is 5.92 Å². The maximum absolute atomic E-state index is 5.60. The summed E-state index contributed by atoms with van der Waals surface area (Å²) in [4.78, 5) is 2.60. The number of fused-ring (bicyclic) bond motifs is 3. The average Bonchev–Trinajstić information content (AvgIpc) is 3.36. The van der Waals surface area contributed by atoms with Gasteiger partial charge in [0.05, 0.1) is 34.1 Å². The molecule has 2 aromatic carbocycles. The van der Waals surface area contributed by atoms with Gasteiger partial charge in [0.2, 0.25) is 0 Å². The van der Waals surface area contributed by atoms with E-state index in [0.717, 1.165) is 43.0 Å². The summed E-state index contributed by atoms with van der Waals surface area (Å²) in [6.45, 7) is 2.94. The summed E-state index contributed by atoms with van der Waals surface area (Å²) in [5.41, 5.74) is 4.09. The van der Waals surface area contributed by atoms with Crippen LogP contribution in [0.5, 0.6) is 23.0 Å². The number of ether oxygens (including phenoxy) is 4. The van der Waals surface area contributed by atoms with Gasteiger partial charge in [-0.05, 0) is 61.8 Å². The quantitative estimate of drug-likeness (QED) is 0.379. The molecule has 39 heavy (non-hydrogen) atoms. The third-order valence-electron chi connectivity index (χ3n) is 7.96. The SMILES string of the molecule is COc1cc(NC(=S)NCC2CC3CCN2CC3c2cc(-c3ccc(OC)c(OC)c3)nn2C)cc(OC)c1. The Kier molecular flexibility index (Phi) is 8.13. The number of benzene rings is 2. The van der Waals surface area contributed by atoms with E-state index in [-0.39, 0.29) is 0 Å². The molecular weight excluding hydrogens is 514 g/mol. The number of piperidine rings is 3. The number of anilines is 1. The molecular formula is C29H37N5O4S. The molecule has 3 aliphatic rings. The molecule has 2 N–H and O–H groups in total. The average molecular weight is 552 g/mol. The second-order valence-electron chi connectivity index (χ2n) is 10.1. The minimum absolute atomic E-state index is 0.443. The molecule has 6 rings (SSSR count). The van der Waals surface area contributed by atoms with Crippen LogP contribution >= 0.6 is 12.2 Å². The molecule has 1 aromatic heterocycles. The monoisotopic (exact) mass is 551 g/mol. The highest BCUT2D eigenvalue weighted by atomic mass is 32.1. The lowest BCUT2D eigenvalue weighted by Crippen LogP contribution is -2.56. The van der Waals surface area contributed by atoms with Crippen molar-refractivity contribution < 1.29 is 18.9 Å². The number of hydrogen-bond donors (Lipinski definition) is 2. The number of methoxy groups -OCH3 is 4. The van der Waals surface area contributed by atoms with Crippen molar-refractivity contribution in [1.29, 1.82) is 0 Å². The number of hydrogen-bond acceptors (Lipinski definition) is 7. The molecule has 0 aliphatic carbocycles. The lowest BCUT2D eigenvalue weighted by atomic mass is 9.74. The van der Waals surface area contributed by atoms with E-state index >= 15 is 0 Å². The molecule has 10 heteroatoms. The molecule has 0 saturated carbocycles. The van der Waals surface area contributed by atoms with Crippen molar-refractivity contribution in [3.05, 3.63) is 48.2 Å². The summed E-state index contributed by atoms with van der Waals surface area (Å²) in [6, 6.07) is 14.3. The molecule has 0 spiro atoms. The largest absolute Gasteiger partial charge is 0.497 e. The first-order chi connectivity index (χ1) is 18.9. The fourth-order valence-corrected chi connectivity index (χ4v) is 6.12. The van der Waals surface area contributed by atoms with E-state index in [1.54, 1.807) is 28.4 Å². The van der Waals surface area contributed by atoms with Gasteiger partial charge in [0, 0.05) is 67.2 Å². The topological polar surface area (TPSA) is 82.0 Å². The Labute approximate surface area is 235 Å². The molecule has 0 radical (unpaired) electrons. The van der Waals surface area contributed by atoms with Crippen LogP contribution in [0.3, 0.4) is 0 Å². The molecule has 4 atom stereocenters. The Morgan fingerprint density at radius 1 is 0.974 bits per heavy atom. The number of nitrogens with zero attached hydrogens (tertiary/aromatic N) is 3. The number of rotatable bonds is 9. The van der Waals surface area contributed by atoms with Crippen molar-refractivity contribution in [3.8, 4) is 34.3 Å². The van der Waals surface area contributed by atoms with E-state index < -0.39 is 0 Å². The van der Waals surface area contributed by atoms with Crippen LogP contribution in [-0.4, -0.2) is 73.9 Å². The number of nitrogens with one attached hydrogen (secondary N) is 2. The highest BCUT2D eigenvalue weighted by molar-refractivity contribution is 7.80. The Balaban J connectivity index is 1.21. The van der Waals surface area contributed by atoms with Gasteiger partial charge in [0.25, 0.3) is 0 Å². The maximum Gasteiger partial charge on any atom is 0.170 e. The molecule has 208 valence electrons. The highest BCUT2D eigenvalue weighted by Crippen LogP contribution is 2.42. The molecule has 9 nitrogen and oxygen atoms in total. The summed E-state index contributed by atoms with van der Waals surface area (Å²) in [5.74, 6) is 3.91. The number of aryl methyl sites for hydroxylation is 1. The van der Waals surface area contributed by atoms with Gasteiger partial charge in [0.15, 0.2) is 16.6 Å². The minimum Gasteiger partial charge on any atom is -0.497 e. The normalized spacial score (nSPS) is 21.8. The van der Waals surface area contributed by atoms with E-state index in [0.29, 0.717) is 46.0 Å². The van der Waals surface area contributed by atoms with Gasteiger partial charge in [-0.15, -0.1) is 0 Å². The van der Waals surface area contributed by atoms with Gasteiger partial charge < -0.3 is 29.6 Å². The van der Waals surface area contributed by atoms with Crippen LogP contribution in [0.25, 0.3) is 11.3 Å². The van der Waals surface area contributed by atoms with Crippen molar-refractivity contribution in [2.75, 3.05) is 53.4 Å². The molecule has 3 fully saturated rings. The van der Waals surface area contributed by atoms with Gasteiger partial charge in [0.1, 0.15) is 11.5 Å². The third kappa shape index (κ3) is 5.77. The molecule has 2 bridgehead atoms. The second-order valence-corrected chi connectivity index (χ2v) is 10.5. The van der Waals surface area contributed by atoms with Crippen LogP contribution in [0.2, 0.25) is 0 Å². The predicted octanol–water partition coefficient (Wildman–Crippen LogP) is 4.29. The summed E-state index contributed by atoms with van der Waals surface area (Å²) < 4.78 is 23.7. The van der Waals surface area contributed by atoms with E-state index in [4.69, 9.17) is 36.3 Å². The predicted molar refractivity (Wildman–Crippen MR) is 156 cm³/mol. The fraction of sp³-hybridized carbons (Fsp3) is 0.448. The van der Waals surface area contributed by atoms with Crippen LogP contribution in [0.4, 0.5) is 5.69 Å². The van der Waals surface area contributed by atoms with Crippen molar-refractivity contribution >= 4 is 23.0 Å². The Bertz CT molecular complexity index is 1310. The fourth-order valence-electron chi connectivity index (χ4n) is 5.92. The lowest BCUT2D eigenvalue weighted by molar-refractivity contribution is 0.0303. The summed E-state index contributed by atoms with van der Waals surface area (Å²) in [6.07, 6.45) is 2.33. The van der Waals surface area contributed by atoms with Crippen LogP contribution in [0.1, 0.15) is 24.5 Å². The maximum atomic E-state index is 5.60. The summed E-state index contributed by atoms with van der Waals surface area (Å²) in [5, 5.41) is 12.1. The van der Waals surface area contributed by atoms with E-state index in [1.807, 2.05) is 48.1 Å². The molecule has 3 saturated heterocycles. The van der Waals surface area contributed by atoms with Crippen molar-refractivity contribution in [2.24, 2.45) is 13.0 Å². The smallest absolute Gasteiger partial charge is 0.170 e. The molecule has 4 unspecified atom stereocenters. The van der Waals surface area contributed by atoms with E-state index in [1.165, 1.54) is 12.1 Å². The highest BCUT2D eigenvalue weighted by Gasteiger charge is 2.41. The Morgan fingerprint density at radius 3 is 2.36 bits per heavy atom. The zero-order valence-corrected chi connectivity index (χ0v) is 24.0. The molecule has 3 aliphatic heterocycles.